The van der Waals surface area contributed by atoms with Crippen LogP contribution in [-0.4, -0.2) is 18.2 Å². The smallest absolute Gasteiger partial charge is 0.267 e. The highest BCUT2D eigenvalue weighted by Gasteiger charge is 1.97. The van der Waals surface area contributed by atoms with Gasteiger partial charge in [0.15, 0.2) is 0 Å². The van der Waals surface area contributed by atoms with Crippen molar-refractivity contribution in [2.24, 2.45) is 0 Å². The molecule has 5 heteroatoms. The molecule has 0 saturated carbocycles. The molecule has 0 aliphatic carbocycles. The molecule has 0 bridgehead atoms. The lowest BCUT2D eigenvalue weighted by Crippen LogP contribution is -2.14. The minimum absolute atomic E-state index is 0.547. The Labute approximate surface area is 135 Å². The molecular formula is C18H20N2O3. The van der Waals surface area contributed by atoms with Gasteiger partial charge >= 0.3 is 0 Å². The Morgan fingerprint density at radius 1 is 1.13 bits per heavy atom. The number of hydrogen-bond acceptors (Lipinski definition) is 4. The molecule has 0 saturated heterocycles. The summed E-state index contributed by atoms with van der Waals surface area (Å²) in [5.41, 5.74) is 4.76. The van der Waals surface area contributed by atoms with E-state index in [-0.39, 0.29) is 0 Å². The number of carbonyl (C=O) groups is 1. The highest BCUT2D eigenvalue weighted by atomic mass is 16.5. The van der Waals surface area contributed by atoms with Crippen molar-refractivity contribution in [2.75, 3.05) is 7.11 Å². The quantitative estimate of drug-likeness (QED) is 0.417. The van der Waals surface area contributed by atoms with E-state index in [9.17, 15) is 4.79 Å². The maximum atomic E-state index is 10.9. The van der Waals surface area contributed by atoms with Crippen LogP contribution < -0.4 is 15.5 Å². The number of amides is 1. The van der Waals surface area contributed by atoms with Gasteiger partial charge < -0.3 is 10.1 Å². The molecule has 0 aromatic heterocycles. The van der Waals surface area contributed by atoms with Gasteiger partial charge in [-0.05, 0) is 34.9 Å². The topological polar surface area (TPSA) is 70.6 Å². The number of rotatable bonds is 7. The zero-order valence-corrected chi connectivity index (χ0v) is 13.0. The van der Waals surface area contributed by atoms with Gasteiger partial charge in [0.1, 0.15) is 5.75 Å². The average molecular weight is 312 g/mol. The molecule has 23 heavy (non-hydrogen) atoms. The van der Waals surface area contributed by atoms with E-state index in [4.69, 9.17) is 9.94 Å². The lowest BCUT2D eigenvalue weighted by Gasteiger charge is -2.07. The fraction of sp³-hybridized carbons (Fsp3) is 0.167. The Kier molecular flexibility index (Phi) is 6.35. The SMILES string of the molecule is COc1cccc(CNCc2ccc(/C=C/C(=O)NO)cc2)c1. The van der Waals surface area contributed by atoms with Crippen molar-refractivity contribution >= 4 is 12.0 Å². The van der Waals surface area contributed by atoms with Gasteiger partial charge in [0.25, 0.3) is 5.91 Å². The van der Waals surface area contributed by atoms with Crippen molar-refractivity contribution in [3.8, 4) is 5.75 Å². The minimum Gasteiger partial charge on any atom is -0.497 e. The van der Waals surface area contributed by atoms with Gasteiger partial charge in [-0.3, -0.25) is 10.0 Å². The molecule has 0 aliphatic rings. The van der Waals surface area contributed by atoms with E-state index in [0.717, 1.165) is 30.0 Å². The Hall–Kier alpha value is -2.63. The van der Waals surface area contributed by atoms with Crippen molar-refractivity contribution in [3.63, 3.8) is 0 Å². The third-order valence-electron chi connectivity index (χ3n) is 3.31. The number of nitrogens with one attached hydrogen (secondary N) is 2. The van der Waals surface area contributed by atoms with E-state index >= 15 is 0 Å². The van der Waals surface area contributed by atoms with E-state index in [0.29, 0.717) is 0 Å². The lowest BCUT2D eigenvalue weighted by atomic mass is 10.1. The first-order valence-corrected chi connectivity index (χ1v) is 7.26. The summed E-state index contributed by atoms with van der Waals surface area (Å²) in [6.45, 7) is 1.51. The summed E-state index contributed by atoms with van der Waals surface area (Å²) in [5.74, 6) is 0.307. The van der Waals surface area contributed by atoms with Crippen LogP contribution in [0.15, 0.2) is 54.6 Å². The Morgan fingerprint density at radius 3 is 2.57 bits per heavy atom. The summed E-state index contributed by atoms with van der Waals surface area (Å²) in [6, 6.07) is 15.8. The molecule has 0 fully saturated rings. The van der Waals surface area contributed by atoms with E-state index < -0.39 is 5.91 Å². The Bertz CT molecular complexity index is 666. The van der Waals surface area contributed by atoms with Gasteiger partial charge in [0, 0.05) is 19.2 Å². The first-order valence-electron chi connectivity index (χ1n) is 7.26. The predicted octanol–water partition coefficient (Wildman–Crippen LogP) is 2.50. The molecule has 3 N–H and O–H groups in total. The maximum absolute atomic E-state index is 10.9. The van der Waals surface area contributed by atoms with Gasteiger partial charge in [0.2, 0.25) is 0 Å². The molecule has 5 nitrogen and oxygen atoms in total. The second-order valence-corrected chi connectivity index (χ2v) is 5.01. The monoisotopic (exact) mass is 312 g/mol. The molecule has 0 spiro atoms. The summed E-state index contributed by atoms with van der Waals surface area (Å²) in [7, 11) is 1.66. The fourth-order valence-corrected chi connectivity index (χ4v) is 2.09. The van der Waals surface area contributed by atoms with E-state index in [1.165, 1.54) is 11.6 Å². The highest BCUT2D eigenvalue weighted by molar-refractivity contribution is 5.90. The van der Waals surface area contributed by atoms with Crippen LogP contribution in [0.1, 0.15) is 16.7 Å². The molecule has 1 amide bonds. The molecule has 2 rings (SSSR count). The van der Waals surface area contributed by atoms with Crippen molar-refractivity contribution < 1.29 is 14.7 Å². The molecule has 120 valence electrons. The largest absolute Gasteiger partial charge is 0.497 e. The van der Waals surface area contributed by atoms with Crippen LogP contribution in [0.5, 0.6) is 5.75 Å². The normalized spacial score (nSPS) is 10.7. The van der Waals surface area contributed by atoms with Crippen molar-refractivity contribution in [3.05, 3.63) is 71.3 Å². The number of methoxy groups -OCH3 is 1. The lowest BCUT2D eigenvalue weighted by molar-refractivity contribution is -0.124. The van der Waals surface area contributed by atoms with Gasteiger partial charge in [-0.2, -0.15) is 0 Å². The second-order valence-electron chi connectivity index (χ2n) is 5.01. The molecule has 0 aliphatic heterocycles. The number of benzene rings is 2. The third kappa shape index (κ3) is 5.58. The van der Waals surface area contributed by atoms with Gasteiger partial charge in [-0.25, -0.2) is 5.48 Å². The minimum atomic E-state index is -0.547. The number of hydroxylamine groups is 1. The molecule has 2 aromatic carbocycles. The summed E-state index contributed by atoms with van der Waals surface area (Å²) >= 11 is 0. The van der Waals surface area contributed by atoms with E-state index in [2.05, 4.69) is 11.4 Å². The summed E-state index contributed by atoms with van der Waals surface area (Å²) in [4.78, 5) is 10.9. The van der Waals surface area contributed by atoms with Gasteiger partial charge in [-0.15, -0.1) is 0 Å². The molecule has 2 aromatic rings. The summed E-state index contributed by atoms with van der Waals surface area (Å²) in [6.07, 6.45) is 2.91. The Morgan fingerprint density at radius 2 is 1.87 bits per heavy atom. The predicted molar refractivity (Wildman–Crippen MR) is 88.9 cm³/mol. The van der Waals surface area contributed by atoms with Gasteiger partial charge in [-0.1, -0.05) is 36.4 Å². The number of ether oxygens (including phenoxy) is 1. The molecule has 0 unspecified atom stereocenters. The van der Waals surface area contributed by atoms with Gasteiger partial charge in [0.05, 0.1) is 7.11 Å². The zero-order chi connectivity index (χ0) is 16.5. The second kappa shape index (κ2) is 8.73. The maximum Gasteiger partial charge on any atom is 0.267 e. The third-order valence-corrected chi connectivity index (χ3v) is 3.31. The molecule has 0 atom stereocenters. The highest BCUT2D eigenvalue weighted by Crippen LogP contribution is 2.12. The number of carbonyl (C=O) groups excluding carboxylic acids is 1. The Balaban J connectivity index is 1.84. The van der Waals surface area contributed by atoms with Crippen LogP contribution in [0.4, 0.5) is 0 Å². The van der Waals surface area contributed by atoms with Crippen molar-refractivity contribution in [2.45, 2.75) is 13.1 Å². The standard InChI is InChI=1S/C18H20N2O3/c1-23-17-4-2-3-16(11-17)13-19-12-15-7-5-14(6-8-15)9-10-18(21)20-22/h2-11,19,22H,12-13H2,1H3,(H,20,21)/b10-9+. The van der Waals surface area contributed by atoms with Crippen LogP contribution in [0.2, 0.25) is 0 Å². The van der Waals surface area contributed by atoms with Crippen molar-refractivity contribution in [1.82, 2.24) is 10.8 Å². The molecule has 0 heterocycles. The first kappa shape index (κ1) is 16.7. The first-order chi connectivity index (χ1) is 11.2. The van der Waals surface area contributed by atoms with Crippen molar-refractivity contribution in [1.29, 1.82) is 0 Å². The van der Waals surface area contributed by atoms with Crippen LogP contribution in [-0.2, 0) is 17.9 Å². The zero-order valence-electron chi connectivity index (χ0n) is 13.0. The van der Waals surface area contributed by atoms with E-state index in [1.807, 2.05) is 42.5 Å². The number of hydrogen-bond donors (Lipinski definition) is 3. The van der Waals surface area contributed by atoms with E-state index in [1.54, 1.807) is 18.7 Å². The van der Waals surface area contributed by atoms with Crippen LogP contribution in [0, 0.1) is 0 Å². The molecular weight excluding hydrogens is 292 g/mol. The fourth-order valence-electron chi connectivity index (χ4n) is 2.09. The summed E-state index contributed by atoms with van der Waals surface area (Å²) in [5, 5.41) is 11.8. The summed E-state index contributed by atoms with van der Waals surface area (Å²) < 4.78 is 5.20. The van der Waals surface area contributed by atoms with Crippen LogP contribution in [0.25, 0.3) is 6.08 Å². The van der Waals surface area contributed by atoms with Crippen LogP contribution >= 0.6 is 0 Å². The average Bonchev–Trinajstić information content (AvgIpc) is 2.61. The molecule has 0 radical (unpaired) electrons. The van der Waals surface area contributed by atoms with Crippen LogP contribution in [0.3, 0.4) is 0 Å².